The lowest BCUT2D eigenvalue weighted by Crippen LogP contribution is -2.39. The fourth-order valence-corrected chi connectivity index (χ4v) is 4.62. The Hall–Kier alpha value is -1.81. The number of fused-ring (bicyclic) bond motifs is 3. The lowest BCUT2D eigenvalue weighted by molar-refractivity contribution is 0.0746. The summed E-state index contributed by atoms with van der Waals surface area (Å²) in [7, 11) is 0. The molecule has 0 atom stereocenters. The number of rotatable bonds is 2. The molecule has 0 unspecified atom stereocenters. The van der Waals surface area contributed by atoms with E-state index in [9.17, 15) is 4.79 Å². The highest BCUT2D eigenvalue weighted by Gasteiger charge is 2.31. The molecule has 22 heavy (non-hydrogen) atoms. The molecule has 1 aromatic carbocycles. The molecule has 0 fully saturated rings. The van der Waals surface area contributed by atoms with Crippen LogP contribution in [0, 0.1) is 6.92 Å². The van der Waals surface area contributed by atoms with Crippen molar-refractivity contribution in [3.63, 3.8) is 0 Å². The van der Waals surface area contributed by atoms with Gasteiger partial charge in [-0.15, -0.1) is 11.3 Å². The van der Waals surface area contributed by atoms with Crippen LogP contribution in [0.5, 0.6) is 0 Å². The zero-order valence-electron chi connectivity index (χ0n) is 12.8. The average Bonchev–Trinajstić information content (AvgIpc) is 2.91. The van der Waals surface area contributed by atoms with Gasteiger partial charge in [0.1, 0.15) is 5.00 Å². The molecule has 2 aliphatic rings. The van der Waals surface area contributed by atoms with Gasteiger partial charge < -0.3 is 10.2 Å². The first-order valence-corrected chi connectivity index (χ1v) is 8.77. The third kappa shape index (κ3) is 2.31. The monoisotopic (exact) mass is 312 g/mol. The molecule has 3 nitrogen and oxygen atoms in total. The average molecular weight is 312 g/mol. The molecule has 2 aromatic rings. The van der Waals surface area contributed by atoms with Crippen molar-refractivity contribution in [3.05, 3.63) is 51.4 Å². The van der Waals surface area contributed by atoms with Crippen LogP contribution in [0.3, 0.4) is 0 Å². The molecule has 0 saturated carbocycles. The summed E-state index contributed by atoms with van der Waals surface area (Å²) >= 11 is 1.79. The molecule has 1 aliphatic heterocycles. The number of carbonyl (C=O) groups excluding carboxylic acids is 1. The SMILES string of the molecule is Cc1ccc(CN2CNc3sc4c(c3C2=O)CCCC4)cc1. The van der Waals surface area contributed by atoms with E-state index < -0.39 is 0 Å². The number of nitrogens with one attached hydrogen (secondary N) is 1. The van der Waals surface area contributed by atoms with E-state index in [1.54, 1.807) is 11.3 Å². The molecule has 0 bridgehead atoms. The van der Waals surface area contributed by atoms with Crippen molar-refractivity contribution in [1.29, 1.82) is 0 Å². The summed E-state index contributed by atoms with van der Waals surface area (Å²) in [5, 5.41) is 4.55. The smallest absolute Gasteiger partial charge is 0.258 e. The van der Waals surface area contributed by atoms with Gasteiger partial charge in [-0.1, -0.05) is 29.8 Å². The number of nitrogens with zero attached hydrogens (tertiary/aromatic N) is 1. The number of benzene rings is 1. The summed E-state index contributed by atoms with van der Waals surface area (Å²) in [5.41, 5.74) is 4.71. The van der Waals surface area contributed by atoms with Gasteiger partial charge in [-0.3, -0.25) is 4.79 Å². The Labute approximate surface area is 135 Å². The maximum Gasteiger partial charge on any atom is 0.258 e. The second-order valence-electron chi connectivity index (χ2n) is 6.24. The maximum atomic E-state index is 12.9. The van der Waals surface area contributed by atoms with E-state index in [1.807, 2.05) is 4.90 Å². The van der Waals surface area contributed by atoms with Crippen LogP contribution in [-0.2, 0) is 19.4 Å². The van der Waals surface area contributed by atoms with Crippen LogP contribution in [0.4, 0.5) is 5.00 Å². The van der Waals surface area contributed by atoms with Crippen LogP contribution < -0.4 is 5.32 Å². The second kappa shape index (κ2) is 5.43. The van der Waals surface area contributed by atoms with Crippen LogP contribution >= 0.6 is 11.3 Å². The minimum absolute atomic E-state index is 0.203. The number of aryl methyl sites for hydroxylation is 2. The first-order valence-electron chi connectivity index (χ1n) is 7.95. The number of amides is 1. The zero-order chi connectivity index (χ0) is 15.1. The summed E-state index contributed by atoms with van der Waals surface area (Å²) in [6, 6.07) is 8.44. The maximum absolute atomic E-state index is 12.9. The lowest BCUT2D eigenvalue weighted by atomic mass is 9.94. The topological polar surface area (TPSA) is 32.3 Å². The van der Waals surface area contributed by atoms with E-state index in [0.29, 0.717) is 13.2 Å². The van der Waals surface area contributed by atoms with Crippen LogP contribution in [0.1, 0.15) is 44.8 Å². The van der Waals surface area contributed by atoms with Gasteiger partial charge in [0.25, 0.3) is 5.91 Å². The molecular weight excluding hydrogens is 292 g/mol. The Morgan fingerprint density at radius 2 is 1.95 bits per heavy atom. The first-order chi connectivity index (χ1) is 10.7. The summed E-state index contributed by atoms with van der Waals surface area (Å²) in [6.45, 7) is 3.37. The van der Waals surface area contributed by atoms with Gasteiger partial charge in [0, 0.05) is 11.4 Å². The van der Waals surface area contributed by atoms with Crippen LogP contribution in [-0.4, -0.2) is 17.5 Å². The molecule has 0 saturated heterocycles. The van der Waals surface area contributed by atoms with Gasteiger partial charge >= 0.3 is 0 Å². The highest BCUT2D eigenvalue weighted by Crippen LogP contribution is 2.40. The molecule has 0 radical (unpaired) electrons. The quantitative estimate of drug-likeness (QED) is 0.910. The molecule has 1 aromatic heterocycles. The van der Waals surface area contributed by atoms with Gasteiger partial charge in [-0.2, -0.15) is 0 Å². The summed E-state index contributed by atoms with van der Waals surface area (Å²) in [4.78, 5) is 16.3. The van der Waals surface area contributed by atoms with Crippen molar-refractivity contribution in [3.8, 4) is 0 Å². The molecule has 1 aliphatic carbocycles. The number of hydrogen-bond donors (Lipinski definition) is 1. The Bertz CT molecular complexity index is 717. The van der Waals surface area contributed by atoms with Crippen LogP contribution in [0.2, 0.25) is 0 Å². The summed E-state index contributed by atoms with van der Waals surface area (Å²) < 4.78 is 0. The van der Waals surface area contributed by atoms with Crippen LogP contribution in [0.15, 0.2) is 24.3 Å². The molecule has 1 amide bonds. The predicted octanol–water partition coefficient (Wildman–Crippen LogP) is 3.96. The molecule has 2 heterocycles. The number of thiophene rings is 1. The van der Waals surface area contributed by atoms with E-state index >= 15 is 0 Å². The fourth-order valence-electron chi connectivity index (χ4n) is 3.36. The second-order valence-corrected chi connectivity index (χ2v) is 7.34. The van der Waals surface area contributed by atoms with Crippen molar-refractivity contribution in [2.75, 3.05) is 12.0 Å². The van der Waals surface area contributed by atoms with Crippen molar-refractivity contribution in [2.24, 2.45) is 0 Å². The summed E-state index contributed by atoms with van der Waals surface area (Å²) in [6.07, 6.45) is 4.67. The van der Waals surface area contributed by atoms with Gasteiger partial charge in [0.15, 0.2) is 0 Å². The predicted molar refractivity (Wildman–Crippen MR) is 90.5 cm³/mol. The molecule has 1 N–H and O–H groups in total. The van der Waals surface area contributed by atoms with E-state index in [-0.39, 0.29) is 5.91 Å². The highest BCUT2D eigenvalue weighted by atomic mass is 32.1. The van der Waals surface area contributed by atoms with E-state index in [4.69, 9.17) is 0 Å². The zero-order valence-corrected chi connectivity index (χ0v) is 13.6. The van der Waals surface area contributed by atoms with Crippen LogP contribution in [0.25, 0.3) is 0 Å². The van der Waals surface area contributed by atoms with Gasteiger partial charge in [0.2, 0.25) is 0 Å². The van der Waals surface area contributed by atoms with Crippen molar-refractivity contribution in [2.45, 2.75) is 39.2 Å². The number of anilines is 1. The van der Waals surface area contributed by atoms with E-state index in [0.717, 1.165) is 23.4 Å². The van der Waals surface area contributed by atoms with Gasteiger partial charge in [-0.25, -0.2) is 0 Å². The minimum atomic E-state index is 0.203. The summed E-state index contributed by atoms with van der Waals surface area (Å²) in [5.74, 6) is 0.203. The molecular formula is C18H20N2OS. The normalized spacial score (nSPS) is 17.0. The first kappa shape index (κ1) is 13.8. The largest absolute Gasteiger partial charge is 0.359 e. The Balaban J connectivity index is 1.61. The van der Waals surface area contributed by atoms with Gasteiger partial charge in [0.05, 0.1) is 12.2 Å². The van der Waals surface area contributed by atoms with E-state index in [2.05, 4.69) is 36.5 Å². The molecule has 114 valence electrons. The highest BCUT2D eigenvalue weighted by molar-refractivity contribution is 7.16. The third-order valence-electron chi connectivity index (χ3n) is 4.60. The van der Waals surface area contributed by atoms with Gasteiger partial charge in [-0.05, 0) is 43.7 Å². The minimum Gasteiger partial charge on any atom is -0.359 e. The number of carbonyl (C=O) groups is 1. The van der Waals surface area contributed by atoms with E-state index in [1.165, 1.54) is 34.4 Å². The Kier molecular flexibility index (Phi) is 3.41. The van der Waals surface area contributed by atoms with Crippen molar-refractivity contribution in [1.82, 2.24) is 4.90 Å². The Morgan fingerprint density at radius 3 is 2.77 bits per heavy atom. The third-order valence-corrected chi connectivity index (χ3v) is 5.85. The van der Waals surface area contributed by atoms with Crippen molar-refractivity contribution < 1.29 is 4.79 Å². The van der Waals surface area contributed by atoms with Crippen molar-refractivity contribution >= 4 is 22.2 Å². The standard InChI is InChI=1S/C18H20N2OS/c1-12-6-8-13(9-7-12)10-20-11-19-17-16(18(20)21)14-4-2-3-5-15(14)22-17/h6-9,19H,2-5,10-11H2,1H3. The fraction of sp³-hybridized carbons (Fsp3) is 0.389. The lowest BCUT2D eigenvalue weighted by Gasteiger charge is -2.29. The Morgan fingerprint density at radius 1 is 1.18 bits per heavy atom. The number of hydrogen-bond acceptors (Lipinski definition) is 3. The molecule has 4 rings (SSSR count). The molecule has 4 heteroatoms. The molecule has 0 spiro atoms.